The van der Waals surface area contributed by atoms with E-state index in [1.54, 1.807) is 6.92 Å². The van der Waals surface area contributed by atoms with Crippen LogP contribution in [0, 0.1) is 6.92 Å². The van der Waals surface area contributed by atoms with Crippen LogP contribution in [-0.2, 0) is 0 Å². The van der Waals surface area contributed by atoms with Gasteiger partial charge in [0.1, 0.15) is 5.82 Å². The van der Waals surface area contributed by atoms with E-state index >= 15 is 0 Å². The van der Waals surface area contributed by atoms with E-state index in [9.17, 15) is 4.79 Å². The normalized spacial score (nSPS) is 8.75. The summed E-state index contributed by atoms with van der Waals surface area (Å²) in [7, 11) is 0. The monoisotopic (exact) mass is 188 g/mol. The maximum Gasteiger partial charge on any atom is 0.337 e. The first kappa shape index (κ1) is 10.7. The molecule has 1 aromatic rings. The van der Waals surface area contributed by atoms with Gasteiger partial charge in [0, 0.05) is 0 Å². The van der Waals surface area contributed by atoms with Gasteiger partial charge < -0.3 is 10.8 Å². The van der Waals surface area contributed by atoms with Crippen molar-refractivity contribution in [3.05, 3.63) is 23.4 Å². The number of carboxylic acids is 1. The zero-order valence-electron chi connectivity index (χ0n) is 6.44. The first-order valence-corrected chi connectivity index (χ1v) is 3.07. The van der Waals surface area contributed by atoms with Crippen LogP contribution < -0.4 is 5.73 Å². The van der Waals surface area contributed by atoms with Gasteiger partial charge in [-0.1, -0.05) is 0 Å². The van der Waals surface area contributed by atoms with Crippen molar-refractivity contribution >= 4 is 24.2 Å². The molecule has 0 aromatic carbocycles. The van der Waals surface area contributed by atoms with Gasteiger partial charge in [0.15, 0.2) is 0 Å². The number of anilines is 1. The zero-order valence-corrected chi connectivity index (χ0v) is 7.26. The molecule has 12 heavy (non-hydrogen) atoms. The minimum Gasteiger partial charge on any atom is -0.478 e. The third kappa shape index (κ3) is 2.10. The van der Waals surface area contributed by atoms with Crippen molar-refractivity contribution < 1.29 is 9.90 Å². The molecule has 0 spiro atoms. The van der Waals surface area contributed by atoms with Crippen molar-refractivity contribution in [1.29, 1.82) is 0 Å². The smallest absolute Gasteiger partial charge is 0.337 e. The molecule has 0 radical (unpaired) electrons. The van der Waals surface area contributed by atoms with E-state index in [4.69, 9.17) is 10.8 Å². The van der Waals surface area contributed by atoms with Crippen LogP contribution in [0.1, 0.15) is 16.1 Å². The zero-order chi connectivity index (χ0) is 8.43. The summed E-state index contributed by atoms with van der Waals surface area (Å²) in [5, 5.41) is 8.58. The highest BCUT2D eigenvalue weighted by molar-refractivity contribution is 5.88. The van der Waals surface area contributed by atoms with Gasteiger partial charge in [0.25, 0.3) is 0 Å². The van der Waals surface area contributed by atoms with Crippen molar-refractivity contribution in [3.8, 4) is 0 Å². The summed E-state index contributed by atoms with van der Waals surface area (Å²) < 4.78 is 0. The minimum atomic E-state index is -0.977. The Morgan fingerprint density at radius 1 is 1.58 bits per heavy atom. The quantitative estimate of drug-likeness (QED) is 0.692. The van der Waals surface area contributed by atoms with Crippen LogP contribution in [0.2, 0.25) is 0 Å². The number of aryl methyl sites for hydroxylation is 1. The first-order valence-electron chi connectivity index (χ1n) is 3.07. The fourth-order valence-electron chi connectivity index (χ4n) is 0.807. The molecular formula is C7H9ClN2O2. The molecule has 4 nitrogen and oxygen atoms in total. The van der Waals surface area contributed by atoms with E-state index < -0.39 is 5.97 Å². The SMILES string of the molecule is Cc1nc(N)ccc1C(=O)O.Cl. The van der Waals surface area contributed by atoms with E-state index in [2.05, 4.69) is 4.98 Å². The van der Waals surface area contributed by atoms with Gasteiger partial charge in [-0.25, -0.2) is 9.78 Å². The molecule has 0 amide bonds. The molecule has 0 aliphatic heterocycles. The van der Waals surface area contributed by atoms with Gasteiger partial charge in [-0.2, -0.15) is 0 Å². The number of rotatable bonds is 1. The Balaban J connectivity index is 0.00000121. The van der Waals surface area contributed by atoms with Crippen LogP contribution in [-0.4, -0.2) is 16.1 Å². The van der Waals surface area contributed by atoms with E-state index in [0.29, 0.717) is 11.5 Å². The molecule has 3 N–H and O–H groups in total. The first-order chi connectivity index (χ1) is 5.11. The largest absolute Gasteiger partial charge is 0.478 e. The van der Waals surface area contributed by atoms with Crippen LogP contribution in [0.25, 0.3) is 0 Å². The summed E-state index contributed by atoms with van der Waals surface area (Å²) in [6, 6.07) is 2.91. The van der Waals surface area contributed by atoms with Crippen LogP contribution >= 0.6 is 12.4 Å². The highest BCUT2D eigenvalue weighted by atomic mass is 35.5. The Kier molecular flexibility index (Phi) is 3.50. The molecule has 0 atom stereocenters. The maximum absolute atomic E-state index is 10.5. The Hall–Kier alpha value is -1.29. The number of carbonyl (C=O) groups is 1. The van der Waals surface area contributed by atoms with E-state index in [-0.39, 0.29) is 18.0 Å². The molecule has 0 saturated carbocycles. The van der Waals surface area contributed by atoms with Crippen molar-refractivity contribution in [2.45, 2.75) is 6.92 Å². The number of hydrogen-bond donors (Lipinski definition) is 2. The second kappa shape index (κ2) is 3.92. The molecule has 66 valence electrons. The Bertz CT molecular complexity index is 301. The molecule has 0 aliphatic rings. The lowest BCUT2D eigenvalue weighted by atomic mass is 10.2. The number of nitrogen functional groups attached to an aromatic ring is 1. The van der Waals surface area contributed by atoms with Gasteiger partial charge in [0.2, 0.25) is 0 Å². The van der Waals surface area contributed by atoms with E-state index in [1.165, 1.54) is 12.1 Å². The van der Waals surface area contributed by atoms with Crippen LogP contribution in [0.5, 0.6) is 0 Å². The fourth-order valence-corrected chi connectivity index (χ4v) is 0.807. The Morgan fingerprint density at radius 2 is 2.17 bits per heavy atom. The van der Waals surface area contributed by atoms with Crippen LogP contribution in [0.3, 0.4) is 0 Å². The molecule has 0 aliphatic carbocycles. The molecule has 1 rings (SSSR count). The average Bonchev–Trinajstić information content (AvgIpc) is 1.85. The summed E-state index contributed by atoms with van der Waals surface area (Å²) in [4.78, 5) is 14.2. The van der Waals surface area contributed by atoms with Crippen molar-refractivity contribution in [2.24, 2.45) is 0 Å². The predicted molar refractivity (Wildman–Crippen MR) is 47.6 cm³/mol. The Morgan fingerprint density at radius 3 is 2.58 bits per heavy atom. The number of pyridine rings is 1. The second-order valence-corrected chi connectivity index (χ2v) is 2.17. The maximum atomic E-state index is 10.5. The van der Waals surface area contributed by atoms with Gasteiger partial charge in [-0.05, 0) is 19.1 Å². The van der Waals surface area contributed by atoms with E-state index in [0.717, 1.165) is 0 Å². The lowest BCUT2D eigenvalue weighted by molar-refractivity contribution is 0.0695. The molecule has 0 saturated heterocycles. The average molecular weight is 189 g/mol. The third-order valence-electron chi connectivity index (χ3n) is 1.34. The molecule has 0 fully saturated rings. The summed E-state index contributed by atoms with van der Waals surface area (Å²) >= 11 is 0. The molecule has 0 unspecified atom stereocenters. The highest BCUT2D eigenvalue weighted by Crippen LogP contribution is 2.06. The van der Waals surface area contributed by atoms with Gasteiger partial charge in [0.05, 0.1) is 11.3 Å². The molecular weight excluding hydrogens is 180 g/mol. The molecule has 1 aromatic heterocycles. The number of aromatic carboxylic acids is 1. The fraction of sp³-hybridized carbons (Fsp3) is 0.143. The van der Waals surface area contributed by atoms with Gasteiger partial charge in [-0.15, -0.1) is 12.4 Å². The standard InChI is InChI=1S/C7H8N2O2.ClH/c1-4-5(7(10)11)2-3-6(8)9-4;/h2-3H,1H3,(H2,8,9)(H,10,11);1H. The number of nitrogens with zero attached hydrogens (tertiary/aromatic N) is 1. The highest BCUT2D eigenvalue weighted by Gasteiger charge is 2.06. The van der Waals surface area contributed by atoms with E-state index in [1.807, 2.05) is 0 Å². The summed E-state index contributed by atoms with van der Waals surface area (Å²) in [6.07, 6.45) is 0. The van der Waals surface area contributed by atoms with Crippen LogP contribution in [0.15, 0.2) is 12.1 Å². The molecule has 0 bridgehead atoms. The summed E-state index contributed by atoms with van der Waals surface area (Å²) in [5.41, 5.74) is 5.96. The lowest BCUT2D eigenvalue weighted by Gasteiger charge is -1.98. The number of aromatic nitrogens is 1. The number of hydrogen-bond acceptors (Lipinski definition) is 3. The lowest BCUT2D eigenvalue weighted by Crippen LogP contribution is -2.03. The molecule has 1 heterocycles. The number of carboxylic acid groups (broad SMARTS) is 1. The summed E-state index contributed by atoms with van der Waals surface area (Å²) in [6.45, 7) is 1.61. The van der Waals surface area contributed by atoms with Gasteiger partial charge in [-0.3, -0.25) is 0 Å². The summed E-state index contributed by atoms with van der Waals surface area (Å²) in [5.74, 6) is -0.637. The Labute approximate surface area is 75.8 Å². The minimum absolute atomic E-state index is 0. The van der Waals surface area contributed by atoms with Crippen molar-refractivity contribution in [3.63, 3.8) is 0 Å². The topological polar surface area (TPSA) is 76.2 Å². The van der Waals surface area contributed by atoms with Crippen molar-refractivity contribution in [2.75, 3.05) is 5.73 Å². The van der Waals surface area contributed by atoms with Crippen LogP contribution in [0.4, 0.5) is 5.82 Å². The molecule has 5 heteroatoms. The van der Waals surface area contributed by atoms with Gasteiger partial charge >= 0.3 is 5.97 Å². The predicted octanol–water partition coefficient (Wildman–Crippen LogP) is 1.09. The number of nitrogens with two attached hydrogens (primary N) is 1. The third-order valence-corrected chi connectivity index (χ3v) is 1.34. The van der Waals surface area contributed by atoms with Crippen molar-refractivity contribution in [1.82, 2.24) is 4.98 Å². The second-order valence-electron chi connectivity index (χ2n) is 2.17. The number of halogens is 1.